The Morgan fingerprint density at radius 1 is 1.15 bits per heavy atom. The molecule has 2 saturated carbocycles. The molecule has 0 aliphatic heterocycles. The first kappa shape index (κ1) is 15.3. The van der Waals surface area contributed by atoms with Crippen molar-refractivity contribution in [1.82, 2.24) is 4.90 Å². The molecule has 0 radical (unpaired) electrons. The first-order valence-electron chi connectivity index (χ1n) is 7.89. The van der Waals surface area contributed by atoms with Gasteiger partial charge in [-0.1, -0.05) is 19.3 Å². The minimum absolute atomic E-state index is 0.175. The van der Waals surface area contributed by atoms with Gasteiger partial charge in [0.1, 0.15) is 11.9 Å². The Labute approximate surface area is 121 Å². The highest BCUT2D eigenvalue weighted by Gasteiger charge is 2.42. The lowest BCUT2D eigenvalue weighted by atomic mass is 9.93. The van der Waals surface area contributed by atoms with Crippen LogP contribution >= 0.6 is 0 Å². The quantitative estimate of drug-likeness (QED) is 0.740. The average molecular weight is 281 g/mol. The molecule has 0 heterocycles. The summed E-state index contributed by atoms with van der Waals surface area (Å²) in [5.41, 5.74) is -0.513. The van der Waals surface area contributed by atoms with Crippen molar-refractivity contribution in [2.45, 2.75) is 83.4 Å². The summed E-state index contributed by atoms with van der Waals surface area (Å²) in [6.45, 7) is 5.62. The number of carbonyl (C=O) groups excluding carboxylic acids is 2. The molecule has 2 rings (SSSR count). The van der Waals surface area contributed by atoms with Gasteiger partial charge in [0, 0.05) is 6.04 Å². The van der Waals surface area contributed by atoms with Gasteiger partial charge in [0.25, 0.3) is 0 Å². The molecule has 2 aliphatic rings. The Morgan fingerprint density at radius 2 is 1.75 bits per heavy atom. The summed E-state index contributed by atoms with van der Waals surface area (Å²) >= 11 is 0. The van der Waals surface area contributed by atoms with Crippen LogP contribution in [0.4, 0.5) is 4.79 Å². The molecule has 1 unspecified atom stereocenters. The Balaban J connectivity index is 2.13. The van der Waals surface area contributed by atoms with Crippen molar-refractivity contribution in [2.24, 2.45) is 5.92 Å². The van der Waals surface area contributed by atoms with Gasteiger partial charge in [-0.25, -0.2) is 4.79 Å². The monoisotopic (exact) mass is 281 g/mol. The van der Waals surface area contributed by atoms with E-state index >= 15 is 0 Å². The van der Waals surface area contributed by atoms with Crippen molar-refractivity contribution < 1.29 is 14.3 Å². The molecule has 0 spiro atoms. The molecule has 114 valence electrons. The Hall–Kier alpha value is -1.06. The SMILES string of the molecule is CC(C)(C)OC(=O)N(C1CCCCC1)C(C=O)C1CC1. The number of carbonyl (C=O) groups is 2. The summed E-state index contributed by atoms with van der Waals surface area (Å²) in [6, 6.07) is -0.109. The molecule has 1 amide bonds. The van der Waals surface area contributed by atoms with Gasteiger partial charge in [-0.2, -0.15) is 0 Å². The maximum Gasteiger partial charge on any atom is 0.411 e. The maximum atomic E-state index is 12.5. The molecule has 1 atom stereocenters. The fraction of sp³-hybridized carbons (Fsp3) is 0.875. The number of ether oxygens (including phenoxy) is 1. The van der Waals surface area contributed by atoms with Gasteiger partial charge in [-0.05, 0) is 52.4 Å². The van der Waals surface area contributed by atoms with Crippen LogP contribution < -0.4 is 0 Å². The Bertz CT molecular complexity index is 351. The summed E-state index contributed by atoms with van der Waals surface area (Å²) in [5, 5.41) is 0. The van der Waals surface area contributed by atoms with Crippen molar-refractivity contribution in [3.63, 3.8) is 0 Å². The highest BCUT2D eigenvalue weighted by Crippen LogP contribution is 2.37. The van der Waals surface area contributed by atoms with E-state index in [0.717, 1.165) is 44.8 Å². The normalized spacial score (nSPS) is 22.1. The lowest BCUT2D eigenvalue weighted by Crippen LogP contribution is -2.51. The van der Waals surface area contributed by atoms with Gasteiger partial charge in [-0.15, -0.1) is 0 Å². The second-order valence-electron chi connectivity index (χ2n) is 7.14. The molecule has 0 N–H and O–H groups in total. The van der Waals surface area contributed by atoms with Gasteiger partial charge < -0.3 is 9.53 Å². The summed E-state index contributed by atoms with van der Waals surface area (Å²) in [5.74, 6) is 0.349. The number of hydrogen-bond acceptors (Lipinski definition) is 3. The third-order valence-corrected chi connectivity index (χ3v) is 4.14. The third-order valence-electron chi connectivity index (χ3n) is 4.14. The lowest BCUT2D eigenvalue weighted by Gasteiger charge is -2.38. The smallest absolute Gasteiger partial charge is 0.411 e. The molecule has 4 nitrogen and oxygen atoms in total. The van der Waals surface area contributed by atoms with Crippen LogP contribution in [0.1, 0.15) is 65.7 Å². The fourth-order valence-corrected chi connectivity index (χ4v) is 3.03. The molecule has 2 fully saturated rings. The maximum absolute atomic E-state index is 12.5. The van der Waals surface area contributed by atoms with E-state index in [4.69, 9.17) is 4.74 Å². The second-order valence-corrected chi connectivity index (χ2v) is 7.14. The topological polar surface area (TPSA) is 46.6 Å². The van der Waals surface area contributed by atoms with Gasteiger partial charge >= 0.3 is 6.09 Å². The molecular weight excluding hydrogens is 254 g/mol. The van der Waals surface area contributed by atoms with E-state index in [9.17, 15) is 9.59 Å². The number of rotatable bonds is 4. The molecular formula is C16H27NO3. The molecule has 2 aliphatic carbocycles. The first-order chi connectivity index (χ1) is 9.42. The standard InChI is InChI=1S/C16H27NO3/c1-16(2,3)20-15(19)17(13-7-5-4-6-8-13)14(11-18)12-9-10-12/h11-14H,4-10H2,1-3H3. The van der Waals surface area contributed by atoms with Crippen molar-refractivity contribution in [3.8, 4) is 0 Å². The van der Waals surface area contributed by atoms with Gasteiger partial charge in [0.15, 0.2) is 0 Å². The average Bonchev–Trinajstić information content (AvgIpc) is 3.18. The zero-order valence-electron chi connectivity index (χ0n) is 12.9. The summed E-state index contributed by atoms with van der Waals surface area (Å²) in [4.78, 5) is 25.8. The second kappa shape index (κ2) is 6.15. The van der Waals surface area contributed by atoms with Crippen molar-refractivity contribution in [2.75, 3.05) is 0 Å². The van der Waals surface area contributed by atoms with E-state index in [2.05, 4.69) is 0 Å². The molecule has 0 aromatic rings. The number of nitrogens with zero attached hydrogens (tertiary/aromatic N) is 1. The van der Waals surface area contributed by atoms with Crippen LogP contribution in [0.3, 0.4) is 0 Å². The van der Waals surface area contributed by atoms with E-state index in [1.54, 1.807) is 4.90 Å². The summed E-state index contributed by atoms with van der Waals surface area (Å²) < 4.78 is 5.54. The zero-order chi connectivity index (χ0) is 14.8. The number of aldehydes is 1. The van der Waals surface area contributed by atoms with Gasteiger partial charge in [-0.3, -0.25) is 4.90 Å². The highest BCUT2D eigenvalue weighted by atomic mass is 16.6. The largest absolute Gasteiger partial charge is 0.444 e. The summed E-state index contributed by atoms with van der Waals surface area (Å²) in [6.07, 6.45) is 8.25. The Kier molecular flexibility index (Phi) is 4.71. The van der Waals surface area contributed by atoms with Gasteiger partial charge in [0.05, 0.1) is 6.04 Å². The van der Waals surface area contributed by atoms with E-state index in [0.29, 0.717) is 5.92 Å². The number of hydrogen-bond donors (Lipinski definition) is 0. The minimum Gasteiger partial charge on any atom is -0.444 e. The van der Waals surface area contributed by atoms with E-state index in [-0.39, 0.29) is 18.2 Å². The van der Waals surface area contributed by atoms with Crippen LogP contribution in [-0.2, 0) is 9.53 Å². The Morgan fingerprint density at radius 3 is 2.20 bits per heavy atom. The molecule has 0 bridgehead atoms. The lowest BCUT2D eigenvalue weighted by molar-refractivity contribution is -0.114. The summed E-state index contributed by atoms with van der Waals surface area (Å²) in [7, 11) is 0. The molecule has 0 aromatic heterocycles. The molecule has 4 heteroatoms. The number of amides is 1. The van der Waals surface area contributed by atoms with Crippen molar-refractivity contribution in [3.05, 3.63) is 0 Å². The van der Waals surface area contributed by atoms with Crippen LogP contribution in [0.2, 0.25) is 0 Å². The van der Waals surface area contributed by atoms with E-state index < -0.39 is 5.60 Å². The predicted molar refractivity (Wildman–Crippen MR) is 77.5 cm³/mol. The fourth-order valence-electron chi connectivity index (χ4n) is 3.03. The van der Waals surface area contributed by atoms with Crippen LogP contribution in [0.25, 0.3) is 0 Å². The van der Waals surface area contributed by atoms with Gasteiger partial charge in [0.2, 0.25) is 0 Å². The third kappa shape index (κ3) is 3.97. The van der Waals surface area contributed by atoms with Crippen LogP contribution in [0.5, 0.6) is 0 Å². The highest BCUT2D eigenvalue weighted by molar-refractivity contribution is 5.74. The van der Waals surface area contributed by atoms with Crippen molar-refractivity contribution >= 4 is 12.4 Å². The van der Waals surface area contributed by atoms with Crippen LogP contribution in [0.15, 0.2) is 0 Å². The van der Waals surface area contributed by atoms with Crippen molar-refractivity contribution in [1.29, 1.82) is 0 Å². The molecule has 0 aromatic carbocycles. The van der Waals surface area contributed by atoms with Crippen LogP contribution in [0, 0.1) is 5.92 Å². The van der Waals surface area contributed by atoms with E-state index in [1.165, 1.54) is 6.42 Å². The predicted octanol–water partition coefficient (Wildman–Crippen LogP) is 3.53. The minimum atomic E-state index is -0.513. The molecule has 20 heavy (non-hydrogen) atoms. The molecule has 0 saturated heterocycles. The first-order valence-corrected chi connectivity index (χ1v) is 7.89. The van der Waals surface area contributed by atoms with Crippen LogP contribution in [-0.4, -0.2) is 35.0 Å². The zero-order valence-corrected chi connectivity index (χ0v) is 12.9. The van der Waals surface area contributed by atoms with E-state index in [1.807, 2.05) is 20.8 Å².